The third-order valence-electron chi connectivity index (χ3n) is 2.68. The largest absolute Gasteiger partial charge is 0.382 e. The van der Waals surface area contributed by atoms with Gasteiger partial charge in [0.25, 0.3) is 0 Å². The zero-order valence-corrected chi connectivity index (χ0v) is 9.65. The van der Waals surface area contributed by atoms with Gasteiger partial charge in [0.05, 0.1) is 5.75 Å². The summed E-state index contributed by atoms with van der Waals surface area (Å²) in [6, 6.07) is 10.4. The fourth-order valence-corrected chi connectivity index (χ4v) is 2.72. The highest BCUT2D eigenvalue weighted by atomic mass is 32.2. The first-order valence-electron chi connectivity index (χ1n) is 5.21. The molecule has 2 rings (SSSR count). The van der Waals surface area contributed by atoms with Crippen LogP contribution < -0.4 is 0 Å². The van der Waals surface area contributed by atoms with E-state index < -0.39 is 0 Å². The van der Waals surface area contributed by atoms with Gasteiger partial charge in [0.1, 0.15) is 6.10 Å². The van der Waals surface area contributed by atoms with Gasteiger partial charge < -0.3 is 5.11 Å². The van der Waals surface area contributed by atoms with Gasteiger partial charge in [-0.1, -0.05) is 42.1 Å². The number of thioether (sulfide) groups is 1. The second-order valence-corrected chi connectivity index (χ2v) is 4.79. The Labute approximate surface area is 94.6 Å². The molecule has 1 aromatic carbocycles. The molecule has 0 saturated carbocycles. The fourth-order valence-electron chi connectivity index (χ4n) is 1.68. The molecule has 3 heteroatoms. The summed E-state index contributed by atoms with van der Waals surface area (Å²) in [5, 5.41) is 10.0. The first-order valence-corrected chi connectivity index (χ1v) is 6.26. The molecular formula is C12H16NOS+. The molecule has 15 heavy (non-hydrogen) atoms. The van der Waals surface area contributed by atoms with E-state index >= 15 is 0 Å². The van der Waals surface area contributed by atoms with Crippen LogP contribution in [0.3, 0.4) is 0 Å². The fraction of sp³-hybridized carbons (Fsp3) is 0.417. The van der Waals surface area contributed by atoms with Crippen LogP contribution in [0.25, 0.3) is 0 Å². The van der Waals surface area contributed by atoms with E-state index in [1.165, 1.54) is 0 Å². The molecule has 1 aromatic rings. The quantitative estimate of drug-likeness (QED) is 0.789. The van der Waals surface area contributed by atoms with Gasteiger partial charge in [0, 0.05) is 0 Å². The van der Waals surface area contributed by atoms with Gasteiger partial charge in [0.15, 0.2) is 18.1 Å². The molecular weight excluding hydrogens is 206 g/mol. The summed E-state index contributed by atoms with van der Waals surface area (Å²) < 4.78 is 2.21. The van der Waals surface area contributed by atoms with Crippen LogP contribution >= 0.6 is 11.8 Å². The number of aliphatic hydroxyl groups is 1. The van der Waals surface area contributed by atoms with Gasteiger partial charge in [-0.15, -0.1) is 0 Å². The zero-order valence-electron chi connectivity index (χ0n) is 8.84. The Kier molecular flexibility index (Phi) is 3.44. The van der Waals surface area contributed by atoms with Gasteiger partial charge in [-0.2, -0.15) is 0 Å². The van der Waals surface area contributed by atoms with Crippen molar-refractivity contribution in [3.05, 3.63) is 35.9 Å². The highest BCUT2D eigenvalue weighted by Gasteiger charge is 2.24. The van der Waals surface area contributed by atoms with Crippen LogP contribution in [0.4, 0.5) is 0 Å². The molecule has 0 amide bonds. The molecule has 0 saturated heterocycles. The van der Waals surface area contributed by atoms with Crippen LogP contribution in [0.15, 0.2) is 30.3 Å². The number of nitrogens with zero attached hydrogens (tertiary/aromatic N) is 1. The number of rotatable bonds is 3. The van der Waals surface area contributed by atoms with Crippen LogP contribution in [0, 0.1) is 0 Å². The summed E-state index contributed by atoms with van der Waals surface area (Å²) in [5.74, 6) is 1.13. The monoisotopic (exact) mass is 222 g/mol. The van der Waals surface area contributed by atoms with Crippen molar-refractivity contribution < 1.29 is 9.68 Å². The van der Waals surface area contributed by atoms with Gasteiger partial charge in [-0.3, -0.25) is 0 Å². The van der Waals surface area contributed by atoms with Crippen LogP contribution in [-0.2, 0) is 0 Å². The Morgan fingerprint density at radius 1 is 1.47 bits per heavy atom. The topological polar surface area (TPSA) is 23.2 Å². The van der Waals surface area contributed by atoms with Gasteiger partial charge in [0.2, 0.25) is 0 Å². The molecule has 2 unspecified atom stereocenters. The summed E-state index contributed by atoms with van der Waals surface area (Å²) >= 11 is 1.82. The van der Waals surface area contributed by atoms with E-state index in [2.05, 4.69) is 17.0 Å². The molecule has 1 aliphatic heterocycles. The van der Waals surface area contributed by atoms with Crippen molar-refractivity contribution in [3.8, 4) is 0 Å². The number of aliphatic hydroxyl groups excluding tert-OH is 1. The van der Waals surface area contributed by atoms with Gasteiger partial charge in [-0.25, -0.2) is 4.58 Å². The SMILES string of the molecule is CC1CSC=[N+]1CC(O)c1ccccc1. The lowest BCUT2D eigenvalue weighted by atomic mass is 10.1. The predicted molar refractivity (Wildman–Crippen MR) is 64.5 cm³/mol. The average molecular weight is 222 g/mol. The van der Waals surface area contributed by atoms with Crippen molar-refractivity contribution in [3.63, 3.8) is 0 Å². The summed E-state index contributed by atoms with van der Waals surface area (Å²) in [6.07, 6.45) is -0.386. The van der Waals surface area contributed by atoms with Crippen LogP contribution in [0.1, 0.15) is 18.6 Å². The number of hydrogen-bond donors (Lipinski definition) is 1. The third-order valence-corrected chi connectivity index (χ3v) is 3.78. The minimum absolute atomic E-state index is 0.386. The summed E-state index contributed by atoms with van der Waals surface area (Å²) in [7, 11) is 0. The molecule has 1 heterocycles. The Morgan fingerprint density at radius 3 is 2.80 bits per heavy atom. The number of β-amino-alcohol motifs (C(OH)–C–C–N with tert-alkyl or cyclic N) is 1. The lowest BCUT2D eigenvalue weighted by Crippen LogP contribution is -2.25. The van der Waals surface area contributed by atoms with Crippen LogP contribution in [0.5, 0.6) is 0 Å². The maximum absolute atomic E-state index is 10.0. The summed E-state index contributed by atoms with van der Waals surface area (Å²) in [6.45, 7) is 2.88. The molecule has 1 N–H and O–H groups in total. The van der Waals surface area contributed by atoms with Crippen LogP contribution in [-0.4, -0.2) is 33.6 Å². The van der Waals surface area contributed by atoms with Crippen LogP contribution in [0.2, 0.25) is 0 Å². The highest BCUT2D eigenvalue weighted by molar-refractivity contribution is 8.12. The molecule has 0 fully saturated rings. The normalized spacial score (nSPS) is 22.5. The van der Waals surface area contributed by atoms with E-state index in [9.17, 15) is 5.11 Å². The summed E-state index contributed by atoms with van der Waals surface area (Å²) in [5.41, 5.74) is 3.12. The molecule has 0 aliphatic carbocycles. The van der Waals surface area contributed by atoms with Crippen molar-refractivity contribution in [2.75, 3.05) is 12.3 Å². The van der Waals surface area contributed by atoms with E-state index in [-0.39, 0.29) is 6.10 Å². The molecule has 0 aromatic heterocycles. The second-order valence-electron chi connectivity index (χ2n) is 3.91. The van der Waals surface area contributed by atoms with E-state index in [1.807, 2.05) is 42.1 Å². The molecule has 0 spiro atoms. The maximum atomic E-state index is 10.0. The Hall–Kier alpha value is -0.800. The van der Waals surface area contributed by atoms with Crippen molar-refractivity contribution in [1.82, 2.24) is 0 Å². The van der Waals surface area contributed by atoms with E-state index in [1.54, 1.807) is 0 Å². The highest BCUT2D eigenvalue weighted by Crippen LogP contribution is 2.17. The van der Waals surface area contributed by atoms with Gasteiger partial charge in [-0.05, 0) is 12.5 Å². The average Bonchev–Trinajstić information content (AvgIpc) is 2.66. The third kappa shape index (κ3) is 2.61. The summed E-state index contributed by atoms with van der Waals surface area (Å²) in [4.78, 5) is 0. The first-order chi connectivity index (χ1) is 7.27. The number of benzene rings is 1. The maximum Gasteiger partial charge on any atom is 0.198 e. The molecule has 2 atom stereocenters. The Balaban J connectivity index is 2.01. The molecule has 80 valence electrons. The predicted octanol–water partition coefficient (Wildman–Crippen LogP) is 1.90. The van der Waals surface area contributed by atoms with Crippen molar-refractivity contribution >= 4 is 17.3 Å². The molecule has 2 nitrogen and oxygen atoms in total. The smallest absolute Gasteiger partial charge is 0.198 e. The van der Waals surface area contributed by atoms with E-state index in [4.69, 9.17) is 0 Å². The van der Waals surface area contributed by atoms with Crippen molar-refractivity contribution in [2.45, 2.75) is 19.1 Å². The number of hydrogen-bond acceptors (Lipinski definition) is 2. The van der Waals surface area contributed by atoms with E-state index in [0.29, 0.717) is 12.6 Å². The minimum atomic E-state index is -0.386. The zero-order chi connectivity index (χ0) is 10.7. The Morgan fingerprint density at radius 2 is 2.20 bits per heavy atom. The molecule has 1 aliphatic rings. The minimum Gasteiger partial charge on any atom is -0.382 e. The first kappa shape index (κ1) is 10.7. The van der Waals surface area contributed by atoms with E-state index in [0.717, 1.165) is 11.3 Å². The molecule has 0 radical (unpaired) electrons. The Bertz CT molecular complexity index is 350. The standard InChI is InChI=1S/C12H16NOS/c1-10-8-15-9-13(10)7-12(14)11-5-3-2-4-6-11/h2-6,9-10,12,14H,7-8H2,1H3/q+1. The van der Waals surface area contributed by atoms with Crippen molar-refractivity contribution in [2.24, 2.45) is 0 Å². The molecule has 0 bridgehead atoms. The van der Waals surface area contributed by atoms with Gasteiger partial charge >= 0.3 is 0 Å². The lowest BCUT2D eigenvalue weighted by molar-refractivity contribution is -0.557. The second kappa shape index (κ2) is 4.81. The van der Waals surface area contributed by atoms with Crippen molar-refractivity contribution in [1.29, 1.82) is 0 Å². The lowest BCUT2D eigenvalue weighted by Gasteiger charge is -2.10.